The number of hydrogen-bond donors (Lipinski definition) is 2. The fourth-order valence-corrected chi connectivity index (χ4v) is 2.72. The quantitative estimate of drug-likeness (QED) is 0.458. The number of aryl methyl sites for hydroxylation is 1. The highest BCUT2D eigenvalue weighted by Crippen LogP contribution is 2.18. The molecule has 116 valence electrons. The molecule has 21 heavy (non-hydrogen) atoms. The van der Waals surface area contributed by atoms with Crippen LogP contribution in [0.4, 0.5) is 5.69 Å². The number of nitrogens with one attached hydrogen (secondary N) is 1. The summed E-state index contributed by atoms with van der Waals surface area (Å²) in [4.78, 5) is 16.3. The lowest BCUT2D eigenvalue weighted by atomic mass is 10.1. The van der Waals surface area contributed by atoms with Gasteiger partial charge in [-0.05, 0) is 24.6 Å². The van der Waals surface area contributed by atoms with Gasteiger partial charge >= 0.3 is 0 Å². The molecule has 0 aliphatic carbocycles. The molecule has 1 aliphatic rings. The fourth-order valence-electron chi connectivity index (χ4n) is 2.72. The van der Waals surface area contributed by atoms with Gasteiger partial charge in [-0.1, -0.05) is 12.1 Å². The first-order chi connectivity index (χ1) is 10.2. The second-order valence-electron chi connectivity index (χ2n) is 5.34. The Labute approximate surface area is 125 Å². The van der Waals surface area contributed by atoms with Gasteiger partial charge in [0.25, 0.3) is 5.91 Å². The van der Waals surface area contributed by atoms with E-state index >= 15 is 0 Å². The summed E-state index contributed by atoms with van der Waals surface area (Å²) in [7, 11) is 1.60. The first-order valence-corrected chi connectivity index (χ1v) is 7.20. The fraction of sp³-hybridized carbons (Fsp3) is 0.533. The Balaban J connectivity index is 1.97. The average molecular weight is 292 g/mol. The number of methoxy groups -OCH3 is 1. The van der Waals surface area contributed by atoms with E-state index in [-0.39, 0.29) is 11.9 Å². The van der Waals surface area contributed by atoms with Crippen molar-refractivity contribution in [3.63, 3.8) is 0 Å². The minimum atomic E-state index is -0.320. The maximum absolute atomic E-state index is 11.8. The van der Waals surface area contributed by atoms with E-state index in [1.165, 1.54) is 11.3 Å². The van der Waals surface area contributed by atoms with E-state index in [1.807, 2.05) is 0 Å². The van der Waals surface area contributed by atoms with Crippen LogP contribution in [0.25, 0.3) is 0 Å². The Kier molecular flexibility index (Phi) is 5.55. The summed E-state index contributed by atoms with van der Waals surface area (Å²) in [5, 5.41) is 0. The Hall–Kier alpha value is -1.63. The third-order valence-corrected chi connectivity index (χ3v) is 3.89. The van der Waals surface area contributed by atoms with Crippen molar-refractivity contribution in [3.8, 4) is 0 Å². The Morgan fingerprint density at radius 1 is 1.38 bits per heavy atom. The van der Waals surface area contributed by atoms with E-state index in [9.17, 15) is 4.79 Å². The van der Waals surface area contributed by atoms with Crippen molar-refractivity contribution in [2.45, 2.75) is 13.0 Å². The van der Waals surface area contributed by atoms with Gasteiger partial charge in [-0.3, -0.25) is 15.1 Å². The van der Waals surface area contributed by atoms with Crippen LogP contribution in [0.15, 0.2) is 24.3 Å². The van der Waals surface area contributed by atoms with Crippen molar-refractivity contribution < 1.29 is 9.53 Å². The van der Waals surface area contributed by atoms with E-state index < -0.39 is 0 Å². The summed E-state index contributed by atoms with van der Waals surface area (Å²) in [6, 6.07) is 8.17. The monoisotopic (exact) mass is 292 g/mol. The lowest BCUT2D eigenvalue weighted by Gasteiger charge is -2.39. The van der Waals surface area contributed by atoms with Gasteiger partial charge in [0.15, 0.2) is 0 Å². The highest BCUT2D eigenvalue weighted by molar-refractivity contribution is 5.81. The molecule has 6 heteroatoms. The van der Waals surface area contributed by atoms with E-state index in [0.717, 1.165) is 26.2 Å². The summed E-state index contributed by atoms with van der Waals surface area (Å²) in [5.41, 5.74) is 4.72. The Morgan fingerprint density at radius 3 is 2.67 bits per heavy atom. The molecule has 1 amide bonds. The van der Waals surface area contributed by atoms with Gasteiger partial charge in [0.05, 0.1) is 6.61 Å². The molecule has 0 spiro atoms. The van der Waals surface area contributed by atoms with Crippen molar-refractivity contribution in [3.05, 3.63) is 29.8 Å². The maximum atomic E-state index is 11.8. The number of nitrogens with zero attached hydrogens (tertiary/aromatic N) is 2. The number of rotatable bonds is 5. The van der Waals surface area contributed by atoms with Crippen LogP contribution < -0.4 is 16.2 Å². The molecule has 0 radical (unpaired) electrons. The van der Waals surface area contributed by atoms with Crippen molar-refractivity contribution in [1.29, 1.82) is 0 Å². The summed E-state index contributed by atoms with van der Waals surface area (Å²) in [5.74, 6) is 5.06. The number of hydrazine groups is 1. The topological polar surface area (TPSA) is 70.8 Å². The minimum Gasteiger partial charge on any atom is -0.383 e. The molecule has 0 saturated carbocycles. The molecule has 0 aromatic heterocycles. The first-order valence-electron chi connectivity index (χ1n) is 7.20. The molecule has 3 N–H and O–H groups in total. The van der Waals surface area contributed by atoms with E-state index in [4.69, 9.17) is 10.6 Å². The summed E-state index contributed by atoms with van der Waals surface area (Å²) in [6.07, 6.45) is 0. The number of piperazine rings is 1. The van der Waals surface area contributed by atoms with Gasteiger partial charge in [-0.2, -0.15) is 0 Å². The highest BCUT2D eigenvalue weighted by atomic mass is 16.5. The molecule has 1 fully saturated rings. The zero-order chi connectivity index (χ0) is 15.2. The normalized spacial score (nSPS) is 17.6. The molecule has 2 rings (SSSR count). The van der Waals surface area contributed by atoms with Crippen LogP contribution in [0.2, 0.25) is 0 Å². The molecule has 6 nitrogen and oxygen atoms in total. The van der Waals surface area contributed by atoms with Crippen LogP contribution in [0.5, 0.6) is 0 Å². The van der Waals surface area contributed by atoms with Gasteiger partial charge in [-0.25, -0.2) is 5.84 Å². The van der Waals surface area contributed by atoms with Crippen molar-refractivity contribution >= 4 is 11.6 Å². The van der Waals surface area contributed by atoms with E-state index in [1.54, 1.807) is 7.11 Å². The molecule has 1 aromatic rings. The predicted octanol–water partition coefficient (Wildman–Crippen LogP) is 0.122. The first kappa shape index (κ1) is 15.8. The lowest BCUT2D eigenvalue weighted by molar-refractivity contribution is -0.128. The molecule has 1 aromatic carbocycles. The molecule has 1 unspecified atom stereocenters. The lowest BCUT2D eigenvalue weighted by Crippen LogP contribution is -2.57. The number of amides is 1. The molecule has 1 saturated heterocycles. The number of ether oxygens (including phenoxy) is 1. The van der Waals surface area contributed by atoms with Crippen LogP contribution >= 0.6 is 0 Å². The minimum absolute atomic E-state index is 0.194. The Morgan fingerprint density at radius 2 is 2.10 bits per heavy atom. The molecular formula is C15H24N4O2. The van der Waals surface area contributed by atoms with E-state index in [0.29, 0.717) is 6.61 Å². The smallest absolute Gasteiger partial charge is 0.253 e. The van der Waals surface area contributed by atoms with Gasteiger partial charge in [0.1, 0.15) is 6.04 Å². The van der Waals surface area contributed by atoms with Crippen LogP contribution in [-0.2, 0) is 9.53 Å². The zero-order valence-corrected chi connectivity index (χ0v) is 12.7. The second kappa shape index (κ2) is 7.40. The number of carbonyl (C=O) groups excluding carboxylic acids is 1. The SMILES string of the molecule is COCC(C(=O)NN)N1CCN(c2cccc(C)c2)CC1. The number of carbonyl (C=O) groups is 1. The number of nitrogens with two attached hydrogens (primary N) is 1. The van der Waals surface area contributed by atoms with Gasteiger partial charge < -0.3 is 9.64 Å². The van der Waals surface area contributed by atoms with Crippen LogP contribution in [0.1, 0.15) is 5.56 Å². The van der Waals surface area contributed by atoms with Crippen LogP contribution in [0.3, 0.4) is 0 Å². The van der Waals surface area contributed by atoms with Crippen molar-refractivity contribution in [2.24, 2.45) is 5.84 Å². The van der Waals surface area contributed by atoms with Crippen LogP contribution in [-0.4, -0.2) is 56.7 Å². The third kappa shape index (κ3) is 3.93. The predicted molar refractivity (Wildman–Crippen MR) is 83.0 cm³/mol. The molecule has 1 heterocycles. The maximum Gasteiger partial charge on any atom is 0.253 e. The summed E-state index contributed by atoms with van der Waals surface area (Å²) in [6.45, 7) is 5.86. The van der Waals surface area contributed by atoms with Crippen molar-refractivity contribution in [2.75, 3.05) is 44.8 Å². The van der Waals surface area contributed by atoms with Gasteiger partial charge in [0.2, 0.25) is 0 Å². The van der Waals surface area contributed by atoms with E-state index in [2.05, 4.69) is 46.4 Å². The van der Waals surface area contributed by atoms with Gasteiger partial charge in [0, 0.05) is 39.0 Å². The summed E-state index contributed by atoms with van der Waals surface area (Å²) >= 11 is 0. The molecule has 0 bridgehead atoms. The third-order valence-electron chi connectivity index (χ3n) is 3.89. The molecular weight excluding hydrogens is 268 g/mol. The summed E-state index contributed by atoms with van der Waals surface area (Å²) < 4.78 is 5.14. The number of hydrogen-bond acceptors (Lipinski definition) is 5. The zero-order valence-electron chi connectivity index (χ0n) is 12.7. The standard InChI is InChI=1S/C15H24N4O2/c1-12-4-3-5-13(10-12)18-6-8-19(9-7-18)14(11-21-2)15(20)17-16/h3-5,10,14H,6-9,11,16H2,1-2H3,(H,17,20). The second-order valence-corrected chi connectivity index (χ2v) is 5.34. The number of benzene rings is 1. The molecule has 1 atom stereocenters. The molecule has 1 aliphatic heterocycles. The largest absolute Gasteiger partial charge is 0.383 e. The average Bonchev–Trinajstić information content (AvgIpc) is 2.52. The number of anilines is 1. The highest BCUT2D eigenvalue weighted by Gasteiger charge is 2.28. The van der Waals surface area contributed by atoms with Gasteiger partial charge in [-0.15, -0.1) is 0 Å². The van der Waals surface area contributed by atoms with Crippen LogP contribution in [0, 0.1) is 6.92 Å². The van der Waals surface area contributed by atoms with Crippen molar-refractivity contribution in [1.82, 2.24) is 10.3 Å². The Bertz CT molecular complexity index is 472.